The number of hydrogen-bond acceptors (Lipinski definition) is 4. The molecule has 3 N–H and O–H groups in total. The Bertz CT molecular complexity index is 977. The van der Waals surface area contributed by atoms with Crippen molar-refractivity contribution in [1.29, 1.82) is 0 Å². The van der Waals surface area contributed by atoms with Gasteiger partial charge in [0, 0.05) is 11.3 Å². The maximum atomic E-state index is 13.3. The first-order valence-electron chi connectivity index (χ1n) is 9.15. The van der Waals surface area contributed by atoms with Crippen molar-refractivity contribution >= 4 is 28.9 Å². The number of benzene rings is 2. The highest BCUT2D eigenvalue weighted by atomic mass is 32.1. The van der Waals surface area contributed by atoms with E-state index >= 15 is 0 Å². The number of carbonyl (C=O) groups excluding carboxylic acids is 1. The molecule has 2 heterocycles. The zero-order chi connectivity index (χ0) is 20.1. The molecule has 0 unspecified atom stereocenters. The average molecular weight is 398 g/mol. The second-order valence-corrected chi connectivity index (χ2v) is 7.86. The summed E-state index contributed by atoms with van der Waals surface area (Å²) in [5, 5.41) is 9.90. The van der Waals surface area contributed by atoms with Crippen LogP contribution in [-0.4, -0.2) is 23.9 Å². The van der Waals surface area contributed by atoms with Crippen molar-refractivity contribution in [2.45, 2.75) is 32.5 Å². The molecule has 0 aromatic heterocycles. The summed E-state index contributed by atoms with van der Waals surface area (Å²) in [4.78, 5) is 13.3. The fourth-order valence-electron chi connectivity index (χ4n) is 4.05. The summed E-state index contributed by atoms with van der Waals surface area (Å²) >= 11 is 5.36. The molecule has 3 atom stereocenters. The topological polar surface area (TPSA) is 71.6 Å². The SMILES string of the molecule is COc1cccc2c1O[C@]1(C)NC(=S)N[C@H]2[C@H]1C(=O)Nc1ccc(C)cc1C. The van der Waals surface area contributed by atoms with Crippen LogP contribution in [0.15, 0.2) is 36.4 Å². The highest BCUT2D eigenvalue weighted by molar-refractivity contribution is 7.80. The van der Waals surface area contributed by atoms with Crippen LogP contribution in [0, 0.1) is 19.8 Å². The van der Waals surface area contributed by atoms with Crippen LogP contribution in [0.2, 0.25) is 0 Å². The molecule has 0 saturated carbocycles. The van der Waals surface area contributed by atoms with Gasteiger partial charge >= 0.3 is 0 Å². The van der Waals surface area contributed by atoms with E-state index in [0.29, 0.717) is 16.6 Å². The molecule has 1 saturated heterocycles. The highest BCUT2D eigenvalue weighted by Crippen LogP contribution is 2.48. The lowest BCUT2D eigenvalue weighted by molar-refractivity contribution is -0.132. The molecule has 0 radical (unpaired) electrons. The number of methoxy groups -OCH3 is 1. The van der Waals surface area contributed by atoms with Gasteiger partial charge in [0.2, 0.25) is 5.91 Å². The number of amides is 1. The quantitative estimate of drug-likeness (QED) is 0.691. The third-order valence-corrected chi connectivity index (χ3v) is 5.60. The number of aryl methyl sites for hydroxylation is 2. The van der Waals surface area contributed by atoms with Gasteiger partial charge in [-0.05, 0) is 50.7 Å². The molecule has 1 amide bonds. The molecule has 4 rings (SSSR count). The van der Waals surface area contributed by atoms with E-state index in [1.165, 1.54) is 0 Å². The molecular weight excluding hydrogens is 374 g/mol. The Hall–Kier alpha value is -2.80. The predicted molar refractivity (Wildman–Crippen MR) is 112 cm³/mol. The standard InChI is InChI=1S/C21H23N3O3S/c1-11-8-9-14(12(2)10-11)22-19(25)16-17-13-6-5-7-15(26-4)18(13)27-21(16,3)24-20(28)23-17/h5-10,16-17H,1-4H3,(H,22,25)(H2,23,24,28)/t16-,17+,21-/m0/s1. The van der Waals surface area contributed by atoms with Gasteiger partial charge in [-0.1, -0.05) is 29.8 Å². The summed E-state index contributed by atoms with van der Waals surface area (Å²) in [6, 6.07) is 11.3. The zero-order valence-corrected chi connectivity index (χ0v) is 17.1. The van der Waals surface area contributed by atoms with Gasteiger partial charge in [-0.3, -0.25) is 4.79 Å². The number of ether oxygens (including phenoxy) is 2. The van der Waals surface area contributed by atoms with Crippen LogP contribution in [-0.2, 0) is 4.79 Å². The van der Waals surface area contributed by atoms with Gasteiger partial charge in [-0.2, -0.15) is 0 Å². The van der Waals surface area contributed by atoms with Gasteiger partial charge in [0.1, 0.15) is 5.92 Å². The second-order valence-electron chi connectivity index (χ2n) is 7.45. The van der Waals surface area contributed by atoms with Crippen LogP contribution in [0.5, 0.6) is 11.5 Å². The minimum Gasteiger partial charge on any atom is -0.493 e. The van der Waals surface area contributed by atoms with Gasteiger partial charge in [0.15, 0.2) is 22.3 Å². The molecule has 0 spiro atoms. The van der Waals surface area contributed by atoms with E-state index in [4.69, 9.17) is 21.7 Å². The third-order valence-electron chi connectivity index (χ3n) is 5.38. The van der Waals surface area contributed by atoms with Crippen LogP contribution in [0.3, 0.4) is 0 Å². The Morgan fingerprint density at radius 2 is 2.07 bits per heavy atom. The smallest absolute Gasteiger partial charge is 0.236 e. The molecule has 2 aromatic rings. The molecule has 2 aliphatic rings. The second kappa shape index (κ2) is 6.67. The summed E-state index contributed by atoms with van der Waals surface area (Å²) in [5.74, 6) is 0.559. The molecule has 0 aliphatic carbocycles. The molecule has 6 nitrogen and oxygen atoms in total. The van der Waals surface area contributed by atoms with E-state index < -0.39 is 11.6 Å². The summed E-state index contributed by atoms with van der Waals surface area (Å²) in [5.41, 5.74) is 2.80. The molecule has 2 aromatic carbocycles. The molecule has 28 heavy (non-hydrogen) atoms. The van der Waals surface area contributed by atoms with Crippen LogP contribution >= 0.6 is 12.2 Å². The molecule has 146 valence electrons. The third kappa shape index (κ3) is 2.96. The fourth-order valence-corrected chi connectivity index (χ4v) is 4.38. The van der Waals surface area contributed by atoms with E-state index in [1.54, 1.807) is 7.11 Å². The monoisotopic (exact) mass is 397 g/mol. The Kier molecular flexibility index (Phi) is 4.42. The summed E-state index contributed by atoms with van der Waals surface area (Å²) < 4.78 is 11.7. The zero-order valence-electron chi connectivity index (χ0n) is 16.3. The van der Waals surface area contributed by atoms with Crippen molar-refractivity contribution in [3.63, 3.8) is 0 Å². The first-order valence-corrected chi connectivity index (χ1v) is 9.56. The highest BCUT2D eigenvalue weighted by Gasteiger charge is 2.55. The first kappa shape index (κ1) is 18.6. The van der Waals surface area contributed by atoms with Crippen molar-refractivity contribution in [3.8, 4) is 11.5 Å². The summed E-state index contributed by atoms with van der Waals surface area (Å²) in [7, 11) is 1.60. The lowest BCUT2D eigenvalue weighted by Gasteiger charge is -2.50. The van der Waals surface area contributed by atoms with Crippen LogP contribution in [0.1, 0.15) is 29.7 Å². The van der Waals surface area contributed by atoms with Crippen molar-refractivity contribution in [2.24, 2.45) is 5.92 Å². The van der Waals surface area contributed by atoms with Crippen molar-refractivity contribution in [2.75, 3.05) is 12.4 Å². The fraction of sp³-hybridized carbons (Fsp3) is 0.333. The number of anilines is 1. The minimum absolute atomic E-state index is 0.143. The number of thiocarbonyl (C=S) groups is 1. The van der Waals surface area contributed by atoms with E-state index in [-0.39, 0.29) is 11.9 Å². The van der Waals surface area contributed by atoms with Gasteiger partial charge in [-0.25, -0.2) is 0 Å². The minimum atomic E-state index is -1.00. The number of hydrogen-bond donors (Lipinski definition) is 3. The Morgan fingerprint density at radius 3 is 2.79 bits per heavy atom. The maximum Gasteiger partial charge on any atom is 0.236 e. The average Bonchev–Trinajstić information content (AvgIpc) is 2.62. The van der Waals surface area contributed by atoms with Gasteiger partial charge < -0.3 is 25.4 Å². The normalized spacial score (nSPS) is 24.9. The van der Waals surface area contributed by atoms with E-state index in [1.807, 2.05) is 57.2 Å². The van der Waals surface area contributed by atoms with Crippen LogP contribution < -0.4 is 25.4 Å². The molecule has 7 heteroatoms. The molecule has 1 fully saturated rings. The largest absolute Gasteiger partial charge is 0.493 e. The van der Waals surface area contributed by atoms with Crippen LogP contribution in [0.4, 0.5) is 5.69 Å². The predicted octanol–water partition coefficient (Wildman–Crippen LogP) is 3.19. The van der Waals surface area contributed by atoms with Crippen molar-refractivity contribution < 1.29 is 14.3 Å². The number of rotatable bonds is 3. The molecule has 2 aliphatic heterocycles. The summed E-state index contributed by atoms with van der Waals surface area (Å²) in [6.45, 7) is 5.85. The van der Waals surface area contributed by atoms with Crippen molar-refractivity contribution in [3.05, 3.63) is 53.1 Å². The number of nitrogens with one attached hydrogen (secondary N) is 3. The number of carbonyl (C=O) groups is 1. The Labute approximate surface area is 169 Å². The van der Waals surface area contributed by atoms with Crippen LogP contribution in [0.25, 0.3) is 0 Å². The number of fused-ring (bicyclic) bond motifs is 4. The van der Waals surface area contributed by atoms with E-state index in [0.717, 1.165) is 22.4 Å². The first-order chi connectivity index (χ1) is 13.3. The maximum absolute atomic E-state index is 13.3. The lowest BCUT2D eigenvalue weighted by Crippen LogP contribution is -2.70. The Balaban J connectivity index is 1.74. The summed E-state index contributed by atoms with van der Waals surface area (Å²) in [6.07, 6.45) is 0. The molecule has 2 bridgehead atoms. The Morgan fingerprint density at radius 1 is 1.29 bits per heavy atom. The lowest BCUT2D eigenvalue weighted by atomic mass is 9.79. The van der Waals surface area contributed by atoms with E-state index in [9.17, 15) is 4.79 Å². The van der Waals surface area contributed by atoms with Gasteiger partial charge in [-0.15, -0.1) is 0 Å². The van der Waals surface area contributed by atoms with Gasteiger partial charge in [0.25, 0.3) is 0 Å². The molecular formula is C21H23N3O3S. The number of para-hydroxylation sites is 1. The van der Waals surface area contributed by atoms with Gasteiger partial charge in [0.05, 0.1) is 13.2 Å². The van der Waals surface area contributed by atoms with E-state index in [2.05, 4.69) is 16.0 Å². The van der Waals surface area contributed by atoms with Crippen molar-refractivity contribution in [1.82, 2.24) is 10.6 Å².